The first kappa shape index (κ1) is 13.1. The highest BCUT2D eigenvalue weighted by atomic mass is 28.4. The van der Waals surface area contributed by atoms with Crippen molar-refractivity contribution in [3.05, 3.63) is 0 Å². The standard InChI is InChI=1S/C8H22N2O2Si/c1-4-8(10)7-13(11-2,12-3)6-5-9/h8H,4-7,9-10H2,1-3H3. The predicted octanol–water partition coefficient (Wildman–Crippen LogP) is 0.417. The summed E-state index contributed by atoms with van der Waals surface area (Å²) in [5, 5.41) is 0. The highest BCUT2D eigenvalue weighted by Gasteiger charge is 2.35. The lowest BCUT2D eigenvalue weighted by atomic mass is 10.3. The molecule has 0 aliphatic carbocycles. The minimum atomic E-state index is -2.08. The van der Waals surface area contributed by atoms with Crippen LogP contribution in [0.3, 0.4) is 0 Å². The Balaban J connectivity index is 4.19. The smallest absolute Gasteiger partial charge is 0.340 e. The van der Waals surface area contributed by atoms with Crippen LogP contribution < -0.4 is 11.5 Å². The zero-order valence-corrected chi connectivity index (χ0v) is 9.88. The van der Waals surface area contributed by atoms with Crippen molar-refractivity contribution in [2.24, 2.45) is 11.5 Å². The number of rotatable bonds is 7. The second kappa shape index (κ2) is 6.50. The van der Waals surface area contributed by atoms with Gasteiger partial charge in [0, 0.05) is 32.3 Å². The Hall–Kier alpha value is 0.0569. The molecule has 4 N–H and O–H groups in total. The van der Waals surface area contributed by atoms with Gasteiger partial charge in [-0.05, 0) is 13.0 Å². The Labute approximate surface area is 81.8 Å². The van der Waals surface area contributed by atoms with Gasteiger partial charge in [0.1, 0.15) is 0 Å². The molecule has 5 heteroatoms. The molecule has 0 saturated heterocycles. The molecule has 4 nitrogen and oxygen atoms in total. The fourth-order valence-corrected chi connectivity index (χ4v) is 3.96. The zero-order valence-electron chi connectivity index (χ0n) is 8.88. The van der Waals surface area contributed by atoms with Gasteiger partial charge in [0.25, 0.3) is 0 Å². The Bertz CT molecular complexity index is 131. The molecule has 0 aromatic heterocycles. The van der Waals surface area contributed by atoms with Crippen LogP contribution in [0.4, 0.5) is 0 Å². The van der Waals surface area contributed by atoms with Crippen molar-refractivity contribution in [3.8, 4) is 0 Å². The summed E-state index contributed by atoms with van der Waals surface area (Å²) in [7, 11) is 1.30. The van der Waals surface area contributed by atoms with Gasteiger partial charge in [0.05, 0.1) is 0 Å². The lowest BCUT2D eigenvalue weighted by molar-refractivity contribution is 0.238. The van der Waals surface area contributed by atoms with Gasteiger partial charge in [-0.25, -0.2) is 0 Å². The third-order valence-corrected chi connectivity index (χ3v) is 6.05. The minimum absolute atomic E-state index is 0.165. The third-order valence-electron chi connectivity index (χ3n) is 2.37. The molecule has 1 atom stereocenters. The van der Waals surface area contributed by atoms with Crippen molar-refractivity contribution in [3.63, 3.8) is 0 Å². The second-order valence-corrected chi connectivity index (χ2v) is 6.78. The quantitative estimate of drug-likeness (QED) is 0.592. The van der Waals surface area contributed by atoms with Crippen molar-refractivity contribution in [1.29, 1.82) is 0 Å². The van der Waals surface area contributed by atoms with E-state index in [-0.39, 0.29) is 6.04 Å². The van der Waals surface area contributed by atoms with Gasteiger partial charge in [-0.1, -0.05) is 6.92 Å². The molecule has 13 heavy (non-hydrogen) atoms. The Kier molecular flexibility index (Phi) is 6.53. The first-order chi connectivity index (χ1) is 6.14. The van der Waals surface area contributed by atoms with Crippen molar-refractivity contribution < 1.29 is 8.85 Å². The lowest BCUT2D eigenvalue weighted by Crippen LogP contribution is -2.46. The molecule has 0 aromatic rings. The number of hydrogen-bond donors (Lipinski definition) is 2. The molecule has 0 rings (SSSR count). The number of hydrogen-bond acceptors (Lipinski definition) is 4. The van der Waals surface area contributed by atoms with Crippen molar-refractivity contribution in [2.75, 3.05) is 20.8 Å². The summed E-state index contributed by atoms with van der Waals surface area (Å²) in [5.74, 6) is 0. The molecule has 0 amide bonds. The molecule has 80 valence electrons. The molecule has 0 heterocycles. The summed E-state index contributed by atoms with van der Waals surface area (Å²) < 4.78 is 10.9. The maximum Gasteiger partial charge on any atom is 0.340 e. The Morgan fingerprint density at radius 2 is 1.85 bits per heavy atom. The molecular formula is C8H22N2O2Si. The SMILES string of the molecule is CCC(N)C[Si](CCN)(OC)OC. The molecule has 0 saturated carbocycles. The van der Waals surface area contributed by atoms with Gasteiger partial charge in [-0.15, -0.1) is 0 Å². The fraction of sp³-hybridized carbons (Fsp3) is 1.00. The van der Waals surface area contributed by atoms with Gasteiger partial charge in [0.2, 0.25) is 0 Å². The van der Waals surface area contributed by atoms with Crippen LogP contribution in [0.25, 0.3) is 0 Å². The van der Waals surface area contributed by atoms with Crippen molar-refractivity contribution >= 4 is 8.56 Å². The number of nitrogens with two attached hydrogens (primary N) is 2. The molecule has 0 spiro atoms. The van der Waals surface area contributed by atoms with E-state index in [9.17, 15) is 0 Å². The summed E-state index contributed by atoms with van der Waals surface area (Å²) in [6.07, 6.45) is 0.950. The highest BCUT2D eigenvalue weighted by Crippen LogP contribution is 2.19. The van der Waals surface area contributed by atoms with Crippen molar-refractivity contribution in [2.45, 2.75) is 31.5 Å². The Morgan fingerprint density at radius 1 is 1.31 bits per heavy atom. The topological polar surface area (TPSA) is 70.5 Å². The molecule has 0 fully saturated rings. The lowest BCUT2D eigenvalue weighted by Gasteiger charge is -2.29. The molecule has 0 aliphatic rings. The minimum Gasteiger partial charge on any atom is -0.398 e. The predicted molar refractivity (Wildman–Crippen MR) is 56.7 cm³/mol. The molecule has 0 aliphatic heterocycles. The maximum atomic E-state index is 5.87. The van der Waals surface area contributed by atoms with Gasteiger partial charge >= 0.3 is 8.56 Å². The summed E-state index contributed by atoms with van der Waals surface area (Å²) >= 11 is 0. The van der Waals surface area contributed by atoms with Crippen LogP contribution in [0.2, 0.25) is 12.1 Å². The fourth-order valence-electron chi connectivity index (χ4n) is 1.32. The van der Waals surface area contributed by atoms with E-state index in [0.29, 0.717) is 6.54 Å². The van der Waals surface area contributed by atoms with E-state index in [4.69, 9.17) is 20.3 Å². The average Bonchev–Trinajstić information content (AvgIpc) is 2.17. The van der Waals surface area contributed by atoms with Crippen LogP contribution in [0, 0.1) is 0 Å². The van der Waals surface area contributed by atoms with Gasteiger partial charge < -0.3 is 20.3 Å². The maximum absolute atomic E-state index is 5.87. The highest BCUT2D eigenvalue weighted by molar-refractivity contribution is 6.67. The second-order valence-electron chi connectivity index (χ2n) is 3.23. The van der Waals surface area contributed by atoms with E-state index in [1.54, 1.807) is 14.2 Å². The monoisotopic (exact) mass is 206 g/mol. The van der Waals surface area contributed by atoms with Crippen LogP contribution in [0.15, 0.2) is 0 Å². The van der Waals surface area contributed by atoms with E-state index in [2.05, 4.69) is 6.92 Å². The van der Waals surface area contributed by atoms with Gasteiger partial charge in [-0.3, -0.25) is 0 Å². The zero-order chi connectivity index (χ0) is 10.3. The van der Waals surface area contributed by atoms with E-state index in [1.165, 1.54) is 0 Å². The molecule has 1 unspecified atom stereocenters. The van der Waals surface area contributed by atoms with Crippen molar-refractivity contribution in [1.82, 2.24) is 0 Å². The Morgan fingerprint density at radius 3 is 2.15 bits per heavy atom. The largest absolute Gasteiger partial charge is 0.398 e. The van der Waals surface area contributed by atoms with Crippen LogP contribution in [-0.2, 0) is 8.85 Å². The normalized spacial score (nSPS) is 14.5. The van der Waals surface area contributed by atoms with E-state index in [0.717, 1.165) is 18.5 Å². The van der Waals surface area contributed by atoms with Crippen LogP contribution in [0.1, 0.15) is 13.3 Å². The average molecular weight is 206 g/mol. The third kappa shape index (κ3) is 4.19. The summed E-state index contributed by atoms with van der Waals surface area (Å²) in [5.41, 5.74) is 11.4. The van der Waals surface area contributed by atoms with Gasteiger partial charge in [-0.2, -0.15) is 0 Å². The van der Waals surface area contributed by atoms with E-state index < -0.39 is 8.56 Å². The summed E-state index contributed by atoms with van der Waals surface area (Å²) in [6, 6.07) is 1.81. The van der Waals surface area contributed by atoms with E-state index in [1.807, 2.05) is 0 Å². The molecule has 0 bridgehead atoms. The molecule has 0 radical (unpaired) electrons. The van der Waals surface area contributed by atoms with Crippen LogP contribution >= 0.6 is 0 Å². The first-order valence-electron chi connectivity index (χ1n) is 4.70. The summed E-state index contributed by atoms with van der Waals surface area (Å²) in [4.78, 5) is 0. The van der Waals surface area contributed by atoms with Gasteiger partial charge in [0.15, 0.2) is 0 Å². The molecular weight excluding hydrogens is 184 g/mol. The van der Waals surface area contributed by atoms with E-state index >= 15 is 0 Å². The first-order valence-corrected chi connectivity index (χ1v) is 6.93. The summed E-state index contributed by atoms with van der Waals surface area (Å²) in [6.45, 7) is 2.67. The van der Waals surface area contributed by atoms with Crippen LogP contribution in [-0.4, -0.2) is 35.4 Å². The van der Waals surface area contributed by atoms with Crippen LogP contribution in [0.5, 0.6) is 0 Å². The molecule has 0 aromatic carbocycles.